The topological polar surface area (TPSA) is 107 Å². The molecule has 12 heteroatoms. The van der Waals surface area contributed by atoms with Crippen molar-refractivity contribution in [1.29, 1.82) is 0 Å². The Morgan fingerprint density at radius 2 is 1.80 bits per heavy atom. The van der Waals surface area contributed by atoms with Gasteiger partial charge >= 0.3 is 5.97 Å². The molecule has 0 aliphatic carbocycles. The van der Waals surface area contributed by atoms with E-state index in [4.69, 9.17) is 42.5 Å². The number of anilines is 1. The first-order valence-electron chi connectivity index (χ1n) is 12.9. The number of thiazole rings is 1. The number of carbonyl (C=O) groups excluding carboxylic acids is 1. The lowest BCUT2D eigenvalue weighted by molar-refractivity contribution is -0.132. The minimum absolute atomic E-state index is 0.0387. The number of aliphatic carboxylic acids is 1. The molecule has 0 saturated carbocycles. The molecule has 0 bridgehead atoms. The summed E-state index contributed by atoms with van der Waals surface area (Å²) in [7, 11) is 0. The highest BCUT2D eigenvalue weighted by molar-refractivity contribution is 7.14. The lowest BCUT2D eigenvalue weighted by atomic mass is 10.0. The van der Waals surface area contributed by atoms with Crippen LogP contribution in [-0.4, -0.2) is 55.0 Å². The Morgan fingerprint density at radius 3 is 2.46 bits per heavy atom. The molecule has 2 aromatic carbocycles. The van der Waals surface area contributed by atoms with Gasteiger partial charge in [0, 0.05) is 39.8 Å². The van der Waals surface area contributed by atoms with E-state index in [2.05, 4.69) is 10.3 Å². The van der Waals surface area contributed by atoms with Crippen molar-refractivity contribution in [1.82, 2.24) is 4.98 Å². The highest BCUT2D eigenvalue weighted by Gasteiger charge is 2.20. The van der Waals surface area contributed by atoms with Crippen molar-refractivity contribution in [3.8, 4) is 11.3 Å². The molecule has 41 heavy (non-hydrogen) atoms. The monoisotopic (exact) mass is 624 g/mol. The predicted octanol–water partition coefficient (Wildman–Crippen LogP) is 7.52. The van der Waals surface area contributed by atoms with E-state index in [0.29, 0.717) is 56.3 Å². The molecule has 1 amide bonds. The van der Waals surface area contributed by atoms with Gasteiger partial charge in [0.2, 0.25) is 0 Å². The Kier molecular flexibility index (Phi) is 12.7. The van der Waals surface area contributed by atoms with Crippen molar-refractivity contribution >= 4 is 57.6 Å². The highest BCUT2D eigenvalue weighted by Crippen LogP contribution is 2.33. The SMILES string of the molecule is CCOCCOCCOC(CC)c1cccc(-c2csc(NC(=O)c3cc(Cl)c(C=C(C)C(=O)O)c(Cl)c3)n2)c1F. The molecule has 3 aromatic rings. The zero-order chi connectivity index (χ0) is 29.9. The van der Waals surface area contributed by atoms with E-state index in [1.165, 1.54) is 25.1 Å². The summed E-state index contributed by atoms with van der Waals surface area (Å²) < 4.78 is 32.2. The highest BCUT2D eigenvalue weighted by atomic mass is 35.5. The number of rotatable bonds is 15. The molecule has 0 fully saturated rings. The number of benzene rings is 2. The Bertz CT molecular complexity index is 1370. The number of hydrogen-bond donors (Lipinski definition) is 2. The lowest BCUT2D eigenvalue weighted by Gasteiger charge is -2.18. The third-order valence-corrected chi connectivity index (χ3v) is 7.29. The van der Waals surface area contributed by atoms with E-state index >= 15 is 4.39 Å². The van der Waals surface area contributed by atoms with Crippen molar-refractivity contribution in [2.75, 3.05) is 38.4 Å². The molecule has 1 atom stereocenters. The molecular weight excluding hydrogens is 594 g/mol. The van der Waals surface area contributed by atoms with E-state index in [1.54, 1.807) is 23.6 Å². The molecule has 2 N–H and O–H groups in total. The van der Waals surface area contributed by atoms with Gasteiger partial charge in [-0.2, -0.15) is 0 Å². The van der Waals surface area contributed by atoms with Crippen LogP contribution in [0.1, 0.15) is 54.8 Å². The maximum atomic E-state index is 15.6. The minimum atomic E-state index is -1.11. The van der Waals surface area contributed by atoms with Gasteiger partial charge < -0.3 is 19.3 Å². The van der Waals surface area contributed by atoms with Gasteiger partial charge in [0.15, 0.2) is 5.13 Å². The average molecular weight is 626 g/mol. The molecule has 3 rings (SSSR count). The molecule has 8 nitrogen and oxygen atoms in total. The molecule has 0 radical (unpaired) electrons. The van der Waals surface area contributed by atoms with Crippen LogP contribution in [0.25, 0.3) is 17.3 Å². The van der Waals surface area contributed by atoms with Crippen LogP contribution in [0.4, 0.5) is 9.52 Å². The molecule has 1 aromatic heterocycles. The zero-order valence-corrected chi connectivity index (χ0v) is 25.2. The fourth-order valence-corrected chi connectivity index (χ4v) is 5.09. The van der Waals surface area contributed by atoms with Crippen LogP contribution >= 0.6 is 34.5 Å². The van der Waals surface area contributed by atoms with Crippen molar-refractivity contribution in [2.24, 2.45) is 0 Å². The zero-order valence-electron chi connectivity index (χ0n) is 22.8. The lowest BCUT2D eigenvalue weighted by Crippen LogP contribution is -2.13. The summed E-state index contributed by atoms with van der Waals surface area (Å²) in [5, 5.41) is 13.9. The quantitative estimate of drug-likeness (QED) is 0.133. The second-order valence-electron chi connectivity index (χ2n) is 8.76. The first kappa shape index (κ1) is 32.7. The third kappa shape index (κ3) is 9.06. The van der Waals surface area contributed by atoms with E-state index in [0.717, 1.165) is 11.3 Å². The predicted molar refractivity (Wildman–Crippen MR) is 160 cm³/mol. The van der Waals surface area contributed by atoms with E-state index in [-0.39, 0.29) is 31.9 Å². The van der Waals surface area contributed by atoms with E-state index in [9.17, 15) is 9.59 Å². The molecule has 220 valence electrons. The third-order valence-electron chi connectivity index (χ3n) is 5.91. The van der Waals surface area contributed by atoms with Crippen molar-refractivity contribution < 1.29 is 33.3 Å². The summed E-state index contributed by atoms with van der Waals surface area (Å²) in [5.41, 5.74) is 1.54. The van der Waals surface area contributed by atoms with Crippen LogP contribution in [0.5, 0.6) is 0 Å². The number of carboxylic acid groups (broad SMARTS) is 1. The number of amides is 1. The Hall–Kier alpha value is -2.86. The van der Waals surface area contributed by atoms with Gasteiger partial charge in [-0.1, -0.05) is 42.3 Å². The van der Waals surface area contributed by atoms with Crippen LogP contribution in [0.15, 0.2) is 41.3 Å². The summed E-state index contributed by atoms with van der Waals surface area (Å²) >= 11 is 13.7. The molecule has 0 saturated heterocycles. The summed E-state index contributed by atoms with van der Waals surface area (Å²) in [6, 6.07) is 7.81. The van der Waals surface area contributed by atoms with Gasteiger partial charge in [-0.15, -0.1) is 11.3 Å². The Labute approximate surface area is 252 Å². The van der Waals surface area contributed by atoms with Gasteiger partial charge in [0.1, 0.15) is 5.82 Å². The van der Waals surface area contributed by atoms with Crippen molar-refractivity contribution in [3.05, 3.63) is 73.8 Å². The van der Waals surface area contributed by atoms with Gasteiger partial charge in [0.05, 0.1) is 48.3 Å². The van der Waals surface area contributed by atoms with Crippen molar-refractivity contribution in [2.45, 2.75) is 33.3 Å². The number of halogens is 3. The van der Waals surface area contributed by atoms with Gasteiger partial charge in [-0.25, -0.2) is 14.2 Å². The minimum Gasteiger partial charge on any atom is -0.478 e. The number of hydrogen-bond acceptors (Lipinski definition) is 7. The number of aromatic nitrogens is 1. The molecule has 1 heterocycles. The van der Waals surface area contributed by atoms with E-state index < -0.39 is 23.8 Å². The standard InChI is InChI=1S/C29H31Cl2FN2O6S/c1-4-25(40-12-11-39-10-9-38-5-2)20-8-6-7-19(26(20)32)24-16-41-29(33-24)34-27(35)18-14-22(30)21(23(31)15-18)13-17(3)28(36)37/h6-8,13-16,25H,4-5,9-12H2,1-3H3,(H,36,37)(H,33,34,35). The number of carbonyl (C=O) groups is 2. The maximum absolute atomic E-state index is 15.6. The average Bonchev–Trinajstić information content (AvgIpc) is 3.40. The first-order chi connectivity index (χ1) is 19.7. The first-order valence-corrected chi connectivity index (χ1v) is 14.5. The Morgan fingerprint density at radius 1 is 1.12 bits per heavy atom. The fraction of sp³-hybridized carbons (Fsp3) is 0.345. The normalized spacial score (nSPS) is 12.4. The van der Waals surface area contributed by atoms with Crippen LogP contribution in [0.2, 0.25) is 10.0 Å². The van der Waals surface area contributed by atoms with Crippen LogP contribution < -0.4 is 5.32 Å². The van der Waals surface area contributed by atoms with Gasteiger partial charge in [-0.3, -0.25) is 10.1 Å². The number of carboxylic acids is 1. The van der Waals surface area contributed by atoms with Gasteiger partial charge in [0.25, 0.3) is 5.91 Å². The van der Waals surface area contributed by atoms with E-state index in [1.807, 2.05) is 13.8 Å². The van der Waals surface area contributed by atoms with Crippen LogP contribution in [-0.2, 0) is 19.0 Å². The summed E-state index contributed by atoms with van der Waals surface area (Å²) in [6.07, 6.45) is 1.43. The molecular formula is C29H31Cl2FN2O6S. The maximum Gasteiger partial charge on any atom is 0.331 e. The molecule has 0 spiro atoms. The molecule has 0 aliphatic heterocycles. The fourth-order valence-electron chi connectivity index (χ4n) is 3.79. The summed E-state index contributed by atoms with van der Waals surface area (Å²) in [5.74, 6) is -2.09. The second kappa shape index (κ2) is 16.0. The second-order valence-corrected chi connectivity index (χ2v) is 10.4. The van der Waals surface area contributed by atoms with Crippen LogP contribution in [0.3, 0.4) is 0 Å². The van der Waals surface area contributed by atoms with Gasteiger partial charge in [-0.05, 0) is 44.5 Å². The Balaban J connectivity index is 1.70. The number of nitrogens with one attached hydrogen (secondary N) is 1. The number of nitrogens with zero attached hydrogens (tertiary/aromatic N) is 1. The van der Waals surface area contributed by atoms with Crippen LogP contribution in [0, 0.1) is 5.82 Å². The summed E-state index contributed by atoms with van der Waals surface area (Å²) in [6.45, 7) is 7.54. The smallest absolute Gasteiger partial charge is 0.331 e. The van der Waals surface area contributed by atoms with Crippen molar-refractivity contribution in [3.63, 3.8) is 0 Å². The molecule has 1 unspecified atom stereocenters. The largest absolute Gasteiger partial charge is 0.478 e. The summed E-state index contributed by atoms with van der Waals surface area (Å²) in [4.78, 5) is 28.4. The molecule has 0 aliphatic rings. The number of ether oxygens (including phenoxy) is 3.